The van der Waals surface area contributed by atoms with Crippen LogP contribution in [0.5, 0.6) is 0 Å². The van der Waals surface area contributed by atoms with Crippen LogP contribution in [0.3, 0.4) is 0 Å². The Hall–Kier alpha value is -1.49. The first-order valence-electron chi connectivity index (χ1n) is 5.11. The number of ketones is 1. The molecule has 0 fully saturated rings. The van der Waals surface area contributed by atoms with E-state index in [0.29, 0.717) is 5.56 Å². The van der Waals surface area contributed by atoms with E-state index in [9.17, 15) is 13.8 Å². The van der Waals surface area contributed by atoms with Gasteiger partial charge in [-0.25, -0.2) is 4.79 Å². The SMILES string of the molecule is CC(=O)C(C)S(=O)Cc1cccc(C(=O)O)c1. The molecule has 1 N–H and O–H groups in total. The quantitative estimate of drug-likeness (QED) is 0.866. The van der Waals surface area contributed by atoms with E-state index in [4.69, 9.17) is 5.11 Å². The van der Waals surface area contributed by atoms with Crippen molar-refractivity contribution in [3.05, 3.63) is 35.4 Å². The second kappa shape index (κ2) is 5.72. The number of carboxylic acid groups (broad SMARTS) is 1. The van der Waals surface area contributed by atoms with Crippen molar-refractivity contribution >= 4 is 22.6 Å². The summed E-state index contributed by atoms with van der Waals surface area (Å²) in [4.78, 5) is 21.8. The molecule has 2 unspecified atom stereocenters. The van der Waals surface area contributed by atoms with Crippen molar-refractivity contribution in [1.82, 2.24) is 0 Å². The molecule has 0 bridgehead atoms. The van der Waals surface area contributed by atoms with E-state index in [1.54, 1.807) is 19.1 Å². The van der Waals surface area contributed by atoms with Gasteiger partial charge < -0.3 is 5.11 Å². The van der Waals surface area contributed by atoms with E-state index in [-0.39, 0.29) is 17.1 Å². The molecule has 17 heavy (non-hydrogen) atoms. The Labute approximate surface area is 102 Å². The van der Waals surface area contributed by atoms with Crippen LogP contribution < -0.4 is 0 Å². The van der Waals surface area contributed by atoms with Crippen molar-refractivity contribution in [1.29, 1.82) is 0 Å². The molecular formula is C12H14O4S. The van der Waals surface area contributed by atoms with E-state index in [1.807, 2.05) is 0 Å². The van der Waals surface area contributed by atoms with Crippen molar-refractivity contribution < 1.29 is 18.9 Å². The highest BCUT2D eigenvalue weighted by Gasteiger charge is 2.16. The lowest BCUT2D eigenvalue weighted by molar-refractivity contribution is -0.116. The van der Waals surface area contributed by atoms with E-state index in [1.165, 1.54) is 19.1 Å². The van der Waals surface area contributed by atoms with Gasteiger partial charge >= 0.3 is 5.97 Å². The molecule has 0 aliphatic rings. The number of carboxylic acids is 1. The Morgan fingerprint density at radius 3 is 2.59 bits per heavy atom. The lowest BCUT2D eigenvalue weighted by Crippen LogP contribution is -2.20. The predicted octanol–water partition coefficient (Wildman–Crippen LogP) is 1.61. The molecule has 0 heterocycles. The predicted molar refractivity (Wildman–Crippen MR) is 65.4 cm³/mol. The van der Waals surface area contributed by atoms with E-state index < -0.39 is 22.0 Å². The van der Waals surface area contributed by atoms with Gasteiger partial charge in [-0.1, -0.05) is 12.1 Å². The number of Topliss-reactive ketones (excluding diaryl/α,β-unsaturated/α-hetero) is 1. The van der Waals surface area contributed by atoms with Crippen molar-refractivity contribution in [2.45, 2.75) is 24.9 Å². The third kappa shape index (κ3) is 3.78. The summed E-state index contributed by atoms with van der Waals surface area (Å²) in [6, 6.07) is 6.27. The molecule has 0 spiro atoms. The largest absolute Gasteiger partial charge is 0.478 e. The molecule has 0 amide bonds. The topological polar surface area (TPSA) is 71.4 Å². The normalized spacial score (nSPS) is 14.0. The monoisotopic (exact) mass is 254 g/mol. The van der Waals surface area contributed by atoms with Crippen molar-refractivity contribution in [2.24, 2.45) is 0 Å². The Morgan fingerprint density at radius 2 is 2.06 bits per heavy atom. The maximum absolute atomic E-state index is 11.8. The van der Waals surface area contributed by atoms with Crippen LogP contribution in [0.15, 0.2) is 24.3 Å². The zero-order valence-electron chi connectivity index (χ0n) is 9.67. The van der Waals surface area contributed by atoms with E-state index >= 15 is 0 Å². The van der Waals surface area contributed by atoms with Gasteiger partial charge in [-0.05, 0) is 31.5 Å². The minimum absolute atomic E-state index is 0.127. The fourth-order valence-electron chi connectivity index (χ4n) is 1.27. The summed E-state index contributed by atoms with van der Waals surface area (Å²) >= 11 is 0. The molecule has 0 saturated heterocycles. The van der Waals surface area contributed by atoms with Gasteiger partial charge in [-0.3, -0.25) is 9.00 Å². The second-order valence-corrected chi connectivity index (χ2v) is 5.54. The molecule has 1 aromatic rings. The Kier molecular flexibility index (Phi) is 4.57. The van der Waals surface area contributed by atoms with Gasteiger partial charge in [0.05, 0.1) is 10.8 Å². The van der Waals surface area contributed by atoms with Crippen molar-refractivity contribution in [3.8, 4) is 0 Å². The summed E-state index contributed by atoms with van der Waals surface area (Å²) < 4.78 is 11.8. The Bertz CT molecular complexity index is 467. The number of aromatic carboxylic acids is 1. The lowest BCUT2D eigenvalue weighted by Gasteiger charge is -2.08. The Morgan fingerprint density at radius 1 is 1.41 bits per heavy atom. The molecule has 0 aliphatic heterocycles. The average Bonchev–Trinajstić information content (AvgIpc) is 2.28. The first-order chi connectivity index (χ1) is 7.91. The molecule has 0 radical (unpaired) electrons. The van der Waals surface area contributed by atoms with Gasteiger partial charge in [-0.15, -0.1) is 0 Å². The number of hydrogen-bond acceptors (Lipinski definition) is 3. The standard InChI is InChI=1S/C12H14O4S/c1-8(13)9(2)17(16)7-10-4-3-5-11(6-10)12(14)15/h3-6,9H,7H2,1-2H3,(H,14,15). The number of hydrogen-bond donors (Lipinski definition) is 1. The smallest absolute Gasteiger partial charge is 0.335 e. The summed E-state index contributed by atoms with van der Waals surface area (Å²) in [5.41, 5.74) is 0.825. The maximum atomic E-state index is 11.8. The average molecular weight is 254 g/mol. The molecule has 0 aliphatic carbocycles. The van der Waals surface area contributed by atoms with Gasteiger partial charge in [0.1, 0.15) is 5.78 Å². The molecule has 1 aromatic carbocycles. The highest BCUT2D eigenvalue weighted by Crippen LogP contribution is 2.10. The van der Waals surface area contributed by atoms with Gasteiger partial charge in [-0.2, -0.15) is 0 Å². The van der Waals surface area contributed by atoms with Crippen LogP contribution >= 0.6 is 0 Å². The molecule has 5 heteroatoms. The summed E-state index contributed by atoms with van der Waals surface area (Å²) in [5, 5.41) is 8.29. The molecule has 1 rings (SSSR count). The van der Waals surface area contributed by atoms with Gasteiger partial charge in [0.15, 0.2) is 0 Å². The van der Waals surface area contributed by atoms with Crippen LogP contribution in [-0.4, -0.2) is 26.3 Å². The van der Waals surface area contributed by atoms with Crippen LogP contribution in [-0.2, 0) is 21.3 Å². The van der Waals surface area contributed by atoms with E-state index in [0.717, 1.165) is 0 Å². The minimum atomic E-state index is -1.31. The molecule has 0 aromatic heterocycles. The molecule has 4 nitrogen and oxygen atoms in total. The summed E-state index contributed by atoms with van der Waals surface area (Å²) in [6.07, 6.45) is 0. The summed E-state index contributed by atoms with van der Waals surface area (Å²) in [7, 11) is -1.31. The second-order valence-electron chi connectivity index (χ2n) is 3.78. The summed E-state index contributed by atoms with van der Waals surface area (Å²) in [5.74, 6) is -0.947. The van der Waals surface area contributed by atoms with Crippen LogP contribution in [0.4, 0.5) is 0 Å². The van der Waals surface area contributed by atoms with Crippen LogP contribution in [0.2, 0.25) is 0 Å². The molecule has 2 atom stereocenters. The first kappa shape index (κ1) is 13.6. The number of rotatable bonds is 5. The number of benzene rings is 1. The minimum Gasteiger partial charge on any atom is -0.478 e. The molecule has 92 valence electrons. The molecule has 0 saturated carbocycles. The van der Waals surface area contributed by atoms with Crippen LogP contribution in [0, 0.1) is 0 Å². The molecular weight excluding hydrogens is 240 g/mol. The zero-order chi connectivity index (χ0) is 13.0. The third-order valence-corrected chi connectivity index (χ3v) is 4.19. The fraction of sp³-hybridized carbons (Fsp3) is 0.333. The third-order valence-electron chi connectivity index (χ3n) is 2.45. The highest BCUT2D eigenvalue weighted by molar-refractivity contribution is 7.85. The van der Waals surface area contributed by atoms with Crippen LogP contribution in [0.25, 0.3) is 0 Å². The van der Waals surface area contributed by atoms with Gasteiger partial charge in [0, 0.05) is 16.6 Å². The number of carbonyl (C=O) groups excluding carboxylic acids is 1. The first-order valence-corrected chi connectivity index (χ1v) is 6.50. The zero-order valence-corrected chi connectivity index (χ0v) is 10.5. The summed E-state index contributed by atoms with van der Waals surface area (Å²) in [6.45, 7) is 3.01. The van der Waals surface area contributed by atoms with Crippen molar-refractivity contribution in [2.75, 3.05) is 0 Å². The lowest BCUT2D eigenvalue weighted by atomic mass is 10.1. The maximum Gasteiger partial charge on any atom is 0.335 e. The highest BCUT2D eigenvalue weighted by atomic mass is 32.2. The Balaban J connectivity index is 2.82. The van der Waals surface area contributed by atoms with Gasteiger partial charge in [0.25, 0.3) is 0 Å². The van der Waals surface area contributed by atoms with Crippen molar-refractivity contribution in [3.63, 3.8) is 0 Å². The van der Waals surface area contributed by atoms with E-state index in [2.05, 4.69) is 0 Å². The number of carbonyl (C=O) groups is 2. The fourth-order valence-corrected chi connectivity index (χ4v) is 2.40. The van der Waals surface area contributed by atoms with Crippen LogP contribution in [0.1, 0.15) is 29.8 Å². The van der Waals surface area contributed by atoms with Gasteiger partial charge in [0.2, 0.25) is 0 Å².